The first-order chi connectivity index (χ1) is 12.0. The summed E-state index contributed by atoms with van der Waals surface area (Å²) in [5, 5.41) is 3.58. The first-order valence-electron chi connectivity index (χ1n) is 7.09. The largest absolute Gasteiger partial charge is 0.493 e. The van der Waals surface area contributed by atoms with E-state index in [4.69, 9.17) is 14.2 Å². The highest BCUT2D eigenvalue weighted by Gasteiger charge is 2.16. The van der Waals surface area contributed by atoms with Crippen molar-refractivity contribution in [1.82, 2.24) is 5.43 Å². The first kappa shape index (κ1) is 18.2. The van der Waals surface area contributed by atoms with Gasteiger partial charge in [-0.2, -0.15) is 5.10 Å². The minimum Gasteiger partial charge on any atom is -0.493 e. The predicted molar refractivity (Wildman–Crippen MR) is 87.5 cm³/mol. The van der Waals surface area contributed by atoms with Gasteiger partial charge < -0.3 is 14.2 Å². The molecule has 0 aliphatic rings. The maximum atomic E-state index is 13.5. The molecule has 0 aromatic heterocycles. The molecule has 0 aliphatic carbocycles. The van der Waals surface area contributed by atoms with E-state index in [-0.39, 0.29) is 22.6 Å². The van der Waals surface area contributed by atoms with E-state index >= 15 is 0 Å². The van der Waals surface area contributed by atoms with E-state index in [2.05, 4.69) is 10.5 Å². The van der Waals surface area contributed by atoms with E-state index in [9.17, 15) is 13.6 Å². The van der Waals surface area contributed by atoms with Gasteiger partial charge in [0.15, 0.2) is 11.5 Å². The number of methoxy groups -OCH3 is 3. The number of rotatable bonds is 6. The highest BCUT2D eigenvalue weighted by molar-refractivity contribution is 5.96. The van der Waals surface area contributed by atoms with Crippen LogP contribution in [-0.2, 0) is 0 Å². The molecule has 0 saturated carbocycles. The maximum Gasteiger partial charge on any atom is 0.271 e. The zero-order valence-corrected chi connectivity index (χ0v) is 13.8. The lowest BCUT2D eigenvalue weighted by atomic mass is 10.1. The number of hydrogen-bond donors (Lipinski definition) is 1. The lowest BCUT2D eigenvalue weighted by molar-refractivity contribution is 0.0954. The Morgan fingerprint density at radius 3 is 2.08 bits per heavy atom. The van der Waals surface area contributed by atoms with Gasteiger partial charge in [0.2, 0.25) is 5.75 Å². The summed E-state index contributed by atoms with van der Waals surface area (Å²) in [4.78, 5) is 12.2. The van der Waals surface area contributed by atoms with Crippen molar-refractivity contribution in [2.45, 2.75) is 0 Å². The van der Waals surface area contributed by atoms with E-state index in [0.717, 1.165) is 18.3 Å². The average molecular weight is 350 g/mol. The van der Waals surface area contributed by atoms with E-state index in [1.807, 2.05) is 0 Å². The second-order valence-electron chi connectivity index (χ2n) is 4.75. The van der Waals surface area contributed by atoms with Gasteiger partial charge in [-0.1, -0.05) is 6.07 Å². The lowest BCUT2D eigenvalue weighted by Crippen LogP contribution is -2.18. The Kier molecular flexibility index (Phi) is 5.89. The van der Waals surface area contributed by atoms with Crippen molar-refractivity contribution in [3.8, 4) is 17.2 Å². The minimum absolute atomic E-state index is 0.167. The molecule has 1 amide bonds. The van der Waals surface area contributed by atoms with Gasteiger partial charge in [-0.3, -0.25) is 4.79 Å². The molecule has 132 valence electrons. The molecular weight excluding hydrogens is 334 g/mol. The first-order valence-corrected chi connectivity index (χ1v) is 7.09. The summed E-state index contributed by atoms with van der Waals surface area (Å²) >= 11 is 0. The van der Waals surface area contributed by atoms with Crippen molar-refractivity contribution in [2.24, 2.45) is 5.10 Å². The third-order valence-corrected chi connectivity index (χ3v) is 3.29. The summed E-state index contributed by atoms with van der Waals surface area (Å²) in [6.07, 6.45) is 0.889. The molecule has 0 spiro atoms. The standard InChI is InChI=1S/C17H16F2N2O4/c1-23-14-7-10(8-15(24-2)16(14)25-3)17(22)21-20-9-11-12(18)5-4-6-13(11)19/h4-9H,1-3H3,(H,21,22). The molecule has 2 aromatic carbocycles. The summed E-state index contributed by atoms with van der Waals surface area (Å²) < 4.78 is 42.4. The molecule has 8 heteroatoms. The van der Waals surface area contributed by atoms with E-state index in [1.165, 1.54) is 39.5 Å². The Hall–Kier alpha value is -3.16. The number of carbonyl (C=O) groups excluding carboxylic acids is 1. The van der Waals surface area contributed by atoms with Crippen LogP contribution in [0.25, 0.3) is 0 Å². The number of nitrogens with zero attached hydrogens (tertiary/aromatic N) is 1. The molecule has 0 aliphatic heterocycles. The Morgan fingerprint density at radius 2 is 1.60 bits per heavy atom. The van der Waals surface area contributed by atoms with Crippen LogP contribution in [0.1, 0.15) is 15.9 Å². The molecule has 0 fully saturated rings. The molecular formula is C17H16F2N2O4. The van der Waals surface area contributed by atoms with Crippen LogP contribution in [0.2, 0.25) is 0 Å². The third kappa shape index (κ3) is 4.03. The van der Waals surface area contributed by atoms with Gasteiger partial charge >= 0.3 is 0 Å². The zero-order chi connectivity index (χ0) is 18.4. The van der Waals surface area contributed by atoms with E-state index < -0.39 is 17.5 Å². The number of amides is 1. The highest BCUT2D eigenvalue weighted by atomic mass is 19.1. The van der Waals surface area contributed by atoms with Crippen LogP contribution >= 0.6 is 0 Å². The number of ether oxygens (including phenoxy) is 3. The van der Waals surface area contributed by atoms with Gasteiger partial charge in [0, 0.05) is 5.56 Å². The number of hydrogen-bond acceptors (Lipinski definition) is 5. The third-order valence-electron chi connectivity index (χ3n) is 3.29. The van der Waals surface area contributed by atoms with Crippen LogP contribution in [0, 0.1) is 11.6 Å². The number of benzene rings is 2. The molecule has 25 heavy (non-hydrogen) atoms. The van der Waals surface area contributed by atoms with Gasteiger partial charge in [0.25, 0.3) is 5.91 Å². The SMILES string of the molecule is COc1cc(C(=O)NN=Cc2c(F)cccc2F)cc(OC)c1OC. The predicted octanol–water partition coefficient (Wildman–Crippen LogP) is 2.75. The molecule has 0 atom stereocenters. The highest BCUT2D eigenvalue weighted by Crippen LogP contribution is 2.38. The monoisotopic (exact) mass is 350 g/mol. The molecule has 0 heterocycles. The fraction of sp³-hybridized carbons (Fsp3) is 0.176. The molecule has 0 unspecified atom stereocenters. The van der Waals surface area contributed by atoms with Crippen LogP contribution in [0.15, 0.2) is 35.4 Å². The van der Waals surface area contributed by atoms with Crippen molar-refractivity contribution < 1.29 is 27.8 Å². The van der Waals surface area contributed by atoms with Crippen molar-refractivity contribution >= 4 is 12.1 Å². The van der Waals surface area contributed by atoms with Crippen molar-refractivity contribution in [3.05, 3.63) is 53.1 Å². The van der Waals surface area contributed by atoms with E-state index in [1.54, 1.807) is 0 Å². The Balaban J connectivity index is 2.22. The van der Waals surface area contributed by atoms with Gasteiger partial charge in [0.1, 0.15) is 11.6 Å². The van der Waals surface area contributed by atoms with Crippen LogP contribution in [0.3, 0.4) is 0 Å². The molecule has 2 aromatic rings. The number of nitrogens with one attached hydrogen (secondary N) is 1. The second-order valence-corrected chi connectivity index (χ2v) is 4.75. The van der Waals surface area contributed by atoms with Gasteiger partial charge in [-0.15, -0.1) is 0 Å². The summed E-state index contributed by atoms with van der Waals surface area (Å²) in [6, 6.07) is 6.26. The smallest absolute Gasteiger partial charge is 0.271 e. The number of hydrazone groups is 1. The Labute approximate surface area is 143 Å². The van der Waals surface area contributed by atoms with E-state index in [0.29, 0.717) is 5.75 Å². The molecule has 2 rings (SSSR count). The van der Waals surface area contributed by atoms with Crippen LogP contribution in [0.5, 0.6) is 17.2 Å². The maximum absolute atomic E-state index is 13.5. The van der Waals surface area contributed by atoms with Crippen molar-refractivity contribution in [3.63, 3.8) is 0 Å². The summed E-state index contributed by atoms with van der Waals surface area (Å²) in [6.45, 7) is 0. The zero-order valence-electron chi connectivity index (χ0n) is 13.8. The fourth-order valence-corrected chi connectivity index (χ4v) is 2.07. The summed E-state index contributed by atoms with van der Waals surface area (Å²) in [7, 11) is 4.27. The number of carbonyl (C=O) groups is 1. The molecule has 6 nitrogen and oxygen atoms in total. The number of halogens is 2. The topological polar surface area (TPSA) is 69.2 Å². The lowest BCUT2D eigenvalue weighted by Gasteiger charge is -2.13. The molecule has 0 radical (unpaired) electrons. The Bertz CT molecular complexity index is 764. The summed E-state index contributed by atoms with van der Waals surface area (Å²) in [5.74, 6) is -1.28. The molecule has 0 saturated heterocycles. The minimum atomic E-state index is -0.786. The molecule has 0 bridgehead atoms. The van der Waals surface area contributed by atoms with Crippen molar-refractivity contribution in [2.75, 3.05) is 21.3 Å². The summed E-state index contributed by atoms with van der Waals surface area (Å²) in [5.41, 5.74) is 2.00. The Morgan fingerprint density at radius 1 is 1.04 bits per heavy atom. The second kappa shape index (κ2) is 8.09. The normalized spacial score (nSPS) is 10.6. The van der Waals surface area contributed by atoms with Gasteiger partial charge in [0.05, 0.1) is 33.1 Å². The van der Waals surface area contributed by atoms with Gasteiger partial charge in [-0.25, -0.2) is 14.2 Å². The molecule has 1 N–H and O–H groups in total. The van der Waals surface area contributed by atoms with Crippen LogP contribution < -0.4 is 19.6 Å². The van der Waals surface area contributed by atoms with Crippen molar-refractivity contribution in [1.29, 1.82) is 0 Å². The van der Waals surface area contributed by atoms with Crippen LogP contribution in [0.4, 0.5) is 8.78 Å². The van der Waals surface area contributed by atoms with Crippen LogP contribution in [-0.4, -0.2) is 33.5 Å². The average Bonchev–Trinajstić information content (AvgIpc) is 2.62. The van der Waals surface area contributed by atoms with Gasteiger partial charge in [-0.05, 0) is 24.3 Å². The quantitative estimate of drug-likeness (QED) is 0.642. The fourth-order valence-electron chi connectivity index (χ4n) is 2.07.